The van der Waals surface area contributed by atoms with Gasteiger partial charge in [0.05, 0.1) is 9.92 Å². The first-order chi connectivity index (χ1) is 10.2. The zero-order chi connectivity index (χ0) is 16.5. The molecule has 116 valence electrons. The molecule has 0 aliphatic rings. The SMILES string of the molecule is CS(=O)(=O)c1ccc(C(=C(Cl)Cl)c2ccc(Br)cc2)cc1Cl. The predicted octanol–water partition coefficient (Wildman–Crippen LogP) is 5.70. The molecule has 0 N–H and O–H groups in total. The molecule has 0 unspecified atom stereocenters. The Morgan fingerprint density at radius 3 is 2.00 bits per heavy atom. The highest BCUT2D eigenvalue weighted by Gasteiger charge is 2.16. The zero-order valence-electron chi connectivity index (χ0n) is 11.3. The van der Waals surface area contributed by atoms with E-state index in [9.17, 15) is 8.42 Å². The number of rotatable bonds is 3. The molecular formula is C15H10BrCl3O2S. The summed E-state index contributed by atoms with van der Waals surface area (Å²) in [5, 5.41) is 0.129. The summed E-state index contributed by atoms with van der Waals surface area (Å²) >= 11 is 21.5. The van der Waals surface area contributed by atoms with Crippen molar-refractivity contribution >= 4 is 66.1 Å². The van der Waals surface area contributed by atoms with E-state index in [-0.39, 0.29) is 14.4 Å². The van der Waals surface area contributed by atoms with E-state index in [0.717, 1.165) is 16.3 Å². The normalized spacial score (nSPS) is 11.3. The van der Waals surface area contributed by atoms with E-state index in [1.165, 1.54) is 6.07 Å². The van der Waals surface area contributed by atoms with E-state index >= 15 is 0 Å². The van der Waals surface area contributed by atoms with Crippen molar-refractivity contribution in [3.05, 3.63) is 67.6 Å². The molecule has 7 heteroatoms. The molecule has 2 aromatic rings. The summed E-state index contributed by atoms with van der Waals surface area (Å²) < 4.78 is 24.2. The van der Waals surface area contributed by atoms with Crippen LogP contribution in [-0.4, -0.2) is 14.7 Å². The number of hydrogen-bond acceptors (Lipinski definition) is 2. The monoisotopic (exact) mass is 438 g/mol. The van der Waals surface area contributed by atoms with Gasteiger partial charge >= 0.3 is 0 Å². The molecule has 0 aliphatic heterocycles. The van der Waals surface area contributed by atoms with Crippen molar-refractivity contribution in [3.8, 4) is 0 Å². The molecule has 0 amide bonds. The first-order valence-corrected chi connectivity index (χ1v) is 9.83. The Hall–Kier alpha value is -0.520. The third-order valence-electron chi connectivity index (χ3n) is 2.94. The lowest BCUT2D eigenvalue weighted by molar-refractivity contribution is 0.602. The van der Waals surface area contributed by atoms with Crippen molar-refractivity contribution in [1.29, 1.82) is 0 Å². The standard InChI is InChI=1S/C15H10BrCl3O2S/c1-22(20,21)13-7-4-10(8-12(13)17)14(15(18)19)9-2-5-11(16)6-3-9/h2-8H,1H3. The van der Waals surface area contributed by atoms with Gasteiger partial charge in [-0.15, -0.1) is 0 Å². The largest absolute Gasteiger partial charge is 0.224 e. The first kappa shape index (κ1) is 17.8. The topological polar surface area (TPSA) is 34.1 Å². The highest BCUT2D eigenvalue weighted by Crippen LogP contribution is 2.34. The highest BCUT2D eigenvalue weighted by molar-refractivity contribution is 9.10. The van der Waals surface area contributed by atoms with Crippen LogP contribution in [0.15, 0.2) is 56.3 Å². The van der Waals surface area contributed by atoms with Crippen molar-refractivity contribution in [2.75, 3.05) is 6.26 Å². The van der Waals surface area contributed by atoms with Gasteiger partial charge in [0.1, 0.15) is 4.49 Å². The summed E-state index contributed by atoms with van der Waals surface area (Å²) in [4.78, 5) is 0.0683. The van der Waals surface area contributed by atoms with Gasteiger partial charge < -0.3 is 0 Å². The number of sulfone groups is 1. The Morgan fingerprint density at radius 1 is 1.00 bits per heavy atom. The maximum atomic E-state index is 11.6. The summed E-state index contributed by atoms with van der Waals surface area (Å²) in [5.74, 6) is 0. The average Bonchev–Trinajstić information content (AvgIpc) is 2.39. The van der Waals surface area contributed by atoms with Crippen molar-refractivity contribution < 1.29 is 8.42 Å². The van der Waals surface area contributed by atoms with E-state index < -0.39 is 9.84 Å². The van der Waals surface area contributed by atoms with Gasteiger partial charge in [0.25, 0.3) is 0 Å². The maximum absolute atomic E-state index is 11.6. The molecule has 22 heavy (non-hydrogen) atoms. The van der Waals surface area contributed by atoms with E-state index in [0.29, 0.717) is 11.1 Å². The van der Waals surface area contributed by atoms with E-state index in [1.807, 2.05) is 24.3 Å². The van der Waals surface area contributed by atoms with Crippen LogP contribution in [0.5, 0.6) is 0 Å². The Morgan fingerprint density at radius 2 is 1.55 bits per heavy atom. The van der Waals surface area contributed by atoms with Gasteiger partial charge in [-0.3, -0.25) is 0 Å². The predicted molar refractivity (Wildman–Crippen MR) is 96.4 cm³/mol. The number of hydrogen-bond donors (Lipinski definition) is 0. The minimum atomic E-state index is -3.39. The summed E-state index contributed by atoms with van der Waals surface area (Å²) in [7, 11) is -3.39. The molecule has 0 spiro atoms. The van der Waals surface area contributed by atoms with Gasteiger partial charge in [-0.25, -0.2) is 8.42 Å². The lowest BCUT2D eigenvalue weighted by Gasteiger charge is -2.11. The summed E-state index contributed by atoms with van der Waals surface area (Å²) in [6.45, 7) is 0. The first-order valence-electron chi connectivity index (χ1n) is 6.01. The lowest BCUT2D eigenvalue weighted by atomic mass is 10.00. The van der Waals surface area contributed by atoms with Crippen LogP contribution < -0.4 is 0 Å². The van der Waals surface area contributed by atoms with E-state index in [2.05, 4.69) is 15.9 Å². The molecule has 0 radical (unpaired) electrons. The van der Waals surface area contributed by atoms with Crippen molar-refractivity contribution in [3.63, 3.8) is 0 Å². The van der Waals surface area contributed by atoms with Crippen LogP contribution in [0.1, 0.15) is 11.1 Å². The van der Waals surface area contributed by atoms with Gasteiger partial charge in [-0.1, -0.05) is 68.9 Å². The molecule has 0 heterocycles. The van der Waals surface area contributed by atoms with Gasteiger partial charge in [0.2, 0.25) is 0 Å². The molecule has 2 rings (SSSR count). The van der Waals surface area contributed by atoms with Gasteiger partial charge in [-0.2, -0.15) is 0 Å². The Bertz CT molecular complexity index is 840. The van der Waals surface area contributed by atoms with Crippen LogP contribution in [0.3, 0.4) is 0 Å². The Balaban J connectivity index is 2.59. The van der Waals surface area contributed by atoms with Crippen LogP contribution in [-0.2, 0) is 9.84 Å². The second-order valence-corrected chi connectivity index (χ2v) is 8.82. The molecule has 2 nitrogen and oxygen atoms in total. The third kappa shape index (κ3) is 4.06. The van der Waals surface area contributed by atoms with Crippen molar-refractivity contribution in [2.24, 2.45) is 0 Å². The van der Waals surface area contributed by atoms with E-state index in [4.69, 9.17) is 34.8 Å². The fraction of sp³-hybridized carbons (Fsp3) is 0.0667. The van der Waals surface area contributed by atoms with Crippen LogP contribution >= 0.6 is 50.7 Å². The van der Waals surface area contributed by atoms with Crippen LogP contribution in [0.25, 0.3) is 5.57 Å². The quantitative estimate of drug-likeness (QED) is 0.613. The van der Waals surface area contributed by atoms with Crippen LogP contribution in [0.2, 0.25) is 5.02 Å². The second kappa shape index (κ2) is 6.93. The van der Waals surface area contributed by atoms with Gasteiger partial charge in [0.15, 0.2) is 9.84 Å². The molecule has 0 saturated carbocycles. The lowest BCUT2D eigenvalue weighted by Crippen LogP contribution is -1.99. The fourth-order valence-corrected chi connectivity index (χ4v) is 3.99. The summed E-state index contributed by atoms with van der Waals surface area (Å²) in [5.41, 5.74) is 2.02. The molecule has 0 aliphatic carbocycles. The zero-order valence-corrected chi connectivity index (χ0v) is 15.9. The summed E-state index contributed by atoms with van der Waals surface area (Å²) in [6, 6.07) is 12.0. The minimum Gasteiger partial charge on any atom is -0.224 e. The number of halogens is 4. The second-order valence-electron chi connectivity index (χ2n) is 4.56. The molecular weight excluding hydrogens is 430 g/mol. The maximum Gasteiger partial charge on any atom is 0.176 e. The molecule has 2 aromatic carbocycles. The Labute approximate surface area is 152 Å². The highest BCUT2D eigenvalue weighted by atomic mass is 79.9. The van der Waals surface area contributed by atoms with Crippen LogP contribution in [0, 0.1) is 0 Å². The van der Waals surface area contributed by atoms with Gasteiger partial charge in [-0.05, 0) is 35.4 Å². The Kier molecular flexibility index (Phi) is 5.62. The molecule has 0 atom stereocenters. The molecule has 0 saturated heterocycles. The smallest absolute Gasteiger partial charge is 0.176 e. The minimum absolute atomic E-state index is 0.0683. The van der Waals surface area contributed by atoms with Crippen molar-refractivity contribution in [2.45, 2.75) is 4.90 Å². The third-order valence-corrected chi connectivity index (χ3v) is 5.43. The molecule has 0 bridgehead atoms. The van der Waals surface area contributed by atoms with E-state index in [1.54, 1.807) is 12.1 Å². The number of benzene rings is 2. The van der Waals surface area contributed by atoms with Gasteiger partial charge in [0, 0.05) is 16.3 Å². The molecule has 0 aromatic heterocycles. The summed E-state index contributed by atoms with van der Waals surface area (Å²) in [6.07, 6.45) is 1.11. The average molecular weight is 441 g/mol. The van der Waals surface area contributed by atoms with Crippen LogP contribution in [0.4, 0.5) is 0 Å². The fourth-order valence-electron chi connectivity index (χ4n) is 1.96. The molecule has 0 fully saturated rings. The van der Waals surface area contributed by atoms with Crippen molar-refractivity contribution in [1.82, 2.24) is 0 Å².